The highest BCUT2D eigenvalue weighted by Gasteiger charge is 2.23. The van der Waals surface area contributed by atoms with Crippen molar-refractivity contribution in [2.45, 2.75) is 25.2 Å². The lowest BCUT2D eigenvalue weighted by molar-refractivity contribution is 0.400. The molecule has 82 valence electrons. The lowest BCUT2D eigenvalue weighted by atomic mass is 9.85. The summed E-state index contributed by atoms with van der Waals surface area (Å²) >= 11 is 0. The Hall–Kier alpha value is -1.84. The average Bonchev–Trinajstić information content (AvgIpc) is 2.59. The number of nitrogens with zero attached hydrogens (tertiary/aromatic N) is 2. The molecule has 1 aliphatic carbocycles. The maximum absolute atomic E-state index is 7.40. The van der Waals surface area contributed by atoms with E-state index in [1.807, 2.05) is 24.5 Å². The van der Waals surface area contributed by atoms with Crippen LogP contribution in [-0.4, -0.2) is 15.2 Å². The van der Waals surface area contributed by atoms with Gasteiger partial charge in [-0.3, -0.25) is 5.41 Å². The van der Waals surface area contributed by atoms with Gasteiger partial charge >= 0.3 is 0 Å². The van der Waals surface area contributed by atoms with Crippen LogP contribution in [0.2, 0.25) is 0 Å². The lowest BCUT2D eigenvalue weighted by Crippen LogP contribution is -2.13. The van der Waals surface area contributed by atoms with Crippen LogP contribution < -0.4 is 5.73 Å². The second-order valence-corrected chi connectivity index (χ2v) is 4.37. The number of nitrogens with one attached hydrogen (secondary N) is 1. The van der Waals surface area contributed by atoms with Crippen molar-refractivity contribution in [1.82, 2.24) is 9.38 Å². The molecule has 4 nitrogen and oxygen atoms in total. The third-order valence-electron chi connectivity index (χ3n) is 3.34. The van der Waals surface area contributed by atoms with E-state index in [0.29, 0.717) is 5.92 Å². The van der Waals surface area contributed by atoms with Crippen LogP contribution in [0.15, 0.2) is 24.5 Å². The summed E-state index contributed by atoms with van der Waals surface area (Å²) in [5.74, 6) is 1.87. The Bertz CT molecular complexity index is 551. The van der Waals surface area contributed by atoms with Crippen molar-refractivity contribution in [1.29, 1.82) is 5.41 Å². The third-order valence-corrected chi connectivity index (χ3v) is 3.34. The van der Waals surface area contributed by atoms with E-state index in [1.165, 1.54) is 19.3 Å². The molecule has 2 heterocycles. The van der Waals surface area contributed by atoms with Gasteiger partial charge in [-0.25, -0.2) is 4.98 Å². The van der Waals surface area contributed by atoms with Gasteiger partial charge in [0, 0.05) is 17.7 Å². The predicted molar refractivity (Wildman–Crippen MR) is 62.8 cm³/mol. The van der Waals surface area contributed by atoms with Crippen molar-refractivity contribution in [3.8, 4) is 0 Å². The van der Waals surface area contributed by atoms with Gasteiger partial charge in [0.1, 0.15) is 11.7 Å². The second kappa shape index (κ2) is 3.33. The first-order valence-corrected chi connectivity index (χ1v) is 5.57. The molecule has 0 aliphatic heterocycles. The molecule has 3 N–H and O–H groups in total. The van der Waals surface area contributed by atoms with Gasteiger partial charge in [-0.15, -0.1) is 0 Å². The largest absolute Gasteiger partial charge is 0.384 e. The number of aromatic nitrogens is 2. The molecule has 1 saturated carbocycles. The van der Waals surface area contributed by atoms with Gasteiger partial charge in [0.15, 0.2) is 0 Å². The van der Waals surface area contributed by atoms with Crippen molar-refractivity contribution in [2.75, 3.05) is 0 Å². The summed E-state index contributed by atoms with van der Waals surface area (Å²) in [6.45, 7) is 0. The van der Waals surface area contributed by atoms with Crippen molar-refractivity contribution in [3.63, 3.8) is 0 Å². The number of rotatable bonds is 2. The first-order chi connectivity index (χ1) is 7.75. The monoisotopic (exact) mass is 214 g/mol. The minimum Gasteiger partial charge on any atom is -0.384 e. The zero-order valence-corrected chi connectivity index (χ0v) is 8.98. The smallest absolute Gasteiger partial charge is 0.122 e. The number of imidazole rings is 1. The molecule has 1 aliphatic rings. The third kappa shape index (κ3) is 1.30. The van der Waals surface area contributed by atoms with Gasteiger partial charge < -0.3 is 10.1 Å². The van der Waals surface area contributed by atoms with Crippen LogP contribution in [0.25, 0.3) is 5.52 Å². The van der Waals surface area contributed by atoms with Crippen LogP contribution in [0.4, 0.5) is 0 Å². The van der Waals surface area contributed by atoms with E-state index >= 15 is 0 Å². The lowest BCUT2D eigenvalue weighted by Gasteiger charge is -2.24. The van der Waals surface area contributed by atoms with Crippen molar-refractivity contribution >= 4 is 11.4 Å². The van der Waals surface area contributed by atoms with E-state index in [0.717, 1.165) is 16.9 Å². The molecule has 0 saturated heterocycles. The molecular weight excluding hydrogens is 200 g/mol. The van der Waals surface area contributed by atoms with Gasteiger partial charge in [0.25, 0.3) is 0 Å². The zero-order chi connectivity index (χ0) is 11.1. The summed E-state index contributed by atoms with van der Waals surface area (Å²) in [5.41, 5.74) is 7.24. The molecule has 1 fully saturated rings. The molecule has 2 aromatic rings. The number of pyridine rings is 1. The maximum atomic E-state index is 7.40. The van der Waals surface area contributed by atoms with Gasteiger partial charge in [0.05, 0.1) is 11.7 Å². The molecule has 3 rings (SSSR count). The standard InChI is InChI=1S/C12H14N4/c13-11(14)9-4-5-16-10(6-9)7-15-12(16)8-2-1-3-8/h4-8H,1-3H2,(H3,13,14). The van der Waals surface area contributed by atoms with E-state index < -0.39 is 0 Å². The van der Waals surface area contributed by atoms with Crippen LogP contribution >= 0.6 is 0 Å². The van der Waals surface area contributed by atoms with Gasteiger partial charge in [-0.05, 0) is 25.0 Å². The van der Waals surface area contributed by atoms with E-state index in [1.54, 1.807) is 0 Å². The molecule has 16 heavy (non-hydrogen) atoms. The van der Waals surface area contributed by atoms with Crippen LogP contribution in [-0.2, 0) is 0 Å². The van der Waals surface area contributed by atoms with Crippen LogP contribution in [0.3, 0.4) is 0 Å². The highest BCUT2D eigenvalue weighted by Crippen LogP contribution is 2.35. The molecule has 0 aromatic carbocycles. The van der Waals surface area contributed by atoms with Gasteiger partial charge in [-0.1, -0.05) is 6.42 Å². The minimum absolute atomic E-state index is 0.105. The fraction of sp³-hybridized carbons (Fsp3) is 0.333. The molecule has 0 bridgehead atoms. The predicted octanol–water partition coefficient (Wildman–Crippen LogP) is 1.89. The highest BCUT2D eigenvalue weighted by molar-refractivity contribution is 5.95. The fourth-order valence-corrected chi connectivity index (χ4v) is 2.16. The number of nitrogen functional groups attached to an aromatic ring is 1. The van der Waals surface area contributed by atoms with E-state index in [9.17, 15) is 0 Å². The summed E-state index contributed by atoms with van der Waals surface area (Å²) in [7, 11) is 0. The van der Waals surface area contributed by atoms with Crippen LogP contribution in [0.1, 0.15) is 36.6 Å². The van der Waals surface area contributed by atoms with E-state index in [2.05, 4.69) is 9.38 Å². The zero-order valence-electron chi connectivity index (χ0n) is 8.98. The van der Waals surface area contributed by atoms with Gasteiger partial charge in [0.2, 0.25) is 0 Å². The normalized spacial score (nSPS) is 16.2. The fourth-order valence-electron chi connectivity index (χ4n) is 2.16. The minimum atomic E-state index is 0.105. The SMILES string of the molecule is N=C(N)c1ccn2c(C3CCC3)ncc2c1. The van der Waals surface area contributed by atoms with Gasteiger partial charge in [-0.2, -0.15) is 0 Å². The summed E-state index contributed by atoms with van der Waals surface area (Å²) in [6.07, 6.45) is 7.62. The molecule has 0 radical (unpaired) electrons. The first kappa shape index (κ1) is 9.39. The number of fused-ring (bicyclic) bond motifs is 1. The molecule has 2 aromatic heterocycles. The Labute approximate surface area is 93.6 Å². The second-order valence-electron chi connectivity index (χ2n) is 4.37. The maximum Gasteiger partial charge on any atom is 0.122 e. The number of hydrogen-bond donors (Lipinski definition) is 2. The quantitative estimate of drug-likeness (QED) is 0.592. The Balaban J connectivity index is 2.10. The molecule has 0 atom stereocenters. The Morgan fingerprint density at radius 2 is 2.31 bits per heavy atom. The van der Waals surface area contributed by atoms with Crippen molar-refractivity contribution in [3.05, 3.63) is 35.9 Å². The Morgan fingerprint density at radius 3 is 2.94 bits per heavy atom. The van der Waals surface area contributed by atoms with E-state index in [4.69, 9.17) is 11.1 Å². The van der Waals surface area contributed by atoms with Crippen molar-refractivity contribution in [2.24, 2.45) is 5.73 Å². The molecule has 0 unspecified atom stereocenters. The number of hydrogen-bond acceptors (Lipinski definition) is 2. The summed E-state index contributed by atoms with van der Waals surface area (Å²) in [5, 5.41) is 7.40. The summed E-state index contributed by atoms with van der Waals surface area (Å²) in [6, 6.07) is 3.79. The van der Waals surface area contributed by atoms with Crippen LogP contribution in [0, 0.1) is 5.41 Å². The van der Waals surface area contributed by atoms with Crippen molar-refractivity contribution < 1.29 is 0 Å². The first-order valence-electron chi connectivity index (χ1n) is 5.57. The summed E-state index contributed by atoms with van der Waals surface area (Å²) < 4.78 is 2.11. The number of amidine groups is 1. The van der Waals surface area contributed by atoms with Crippen LogP contribution in [0.5, 0.6) is 0 Å². The molecule has 0 spiro atoms. The summed E-state index contributed by atoms with van der Waals surface area (Å²) in [4.78, 5) is 4.47. The number of nitrogens with two attached hydrogens (primary N) is 1. The Morgan fingerprint density at radius 1 is 1.50 bits per heavy atom. The Kier molecular flexibility index (Phi) is 1.96. The average molecular weight is 214 g/mol. The molecule has 0 amide bonds. The molecule has 4 heteroatoms. The molecular formula is C12H14N4. The van der Waals surface area contributed by atoms with E-state index in [-0.39, 0.29) is 5.84 Å². The highest BCUT2D eigenvalue weighted by atomic mass is 15.0. The topological polar surface area (TPSA) is 67.2 Å².